The SMILES string of the molecule is CC1(C)c2ccccc2-c2cccc(-c3cc(-c4c5ccccc5c(-c5cccc6ccccc56)c5ccccc45)c4ccccc4c3)c21. The third-order valence-corrected chi connectivity index (χ3v) is 11.0. The zero-order valence-electron chi connectivity index (χ0n) is 27.7. The summed E-state index contributed by atoms with van der Waals surface area (Å²) in [5.41, 5.74) is 13.1. The Morgan fingerprint density at radius 2 is 0.776 bits per heavy atom. The topological polar surface area (TPSA) is 0 Å². The lowest BCUT2D eigenvalue weighted by molar-refractivity contribution is 0.662. The average molecular weight is 623 g/mol. The second-order valence-corrected chi connectivity index (χ2v) is 14.0. The predicted octanol–water partition coefficient (Wildman–Crippen LogP) is 13.6. The maximum atomic E-state index is 2.48. The standard InChI is InChI=1S/C49H34/c1-49(2)45-28-12-11-20-37(45)43-27-14-25-36(48(43)49)33-29-32-16-4-6-19-35(32)44(30-33)47-41-23-9-7-21-39(41)46(40-22-8-10-24-42(40)47)38-26-13-17-31-15-3-5-18-34(31)38/h3-30H,1-2H3. The molecule has 0 N–H and O–H groups in total. The molecule has 0 spiro atoms. The van der Waals surface area contributed by atoms with E-state index in [0.717, 1.165) is 0 Å². The van der Waals surface area contributed by atoms with Crippen LogP contribution in [0, 0.1) is 0 Å². The second kappa shape index (κ2) is 10.5. The highest BCUT2D eigenvalue weighted by Crippen LogP contribution is 2.53. The Hall–Kier alpha value is -5.98. The number of benzene rings is 9. The number of rotatable bonds is 3. The summed E-state index contributed by atoms with van der Waals surface area (Å²) in [5.74, 6) is 0. The van der Waals surface area contributed by atoms with E-state index in [-0.39, 0.29) is 5.41 Å². The van der Waals surface area contributed by atoms with Gasteiger partial charge in [-0.15, -0.1) is 0 Å². The van der Waals surface area contributed by atoms with E-state index in [1.807, 2.05) is 0 Å². The molecular formula is C49H34. The molecule has 0 saturated heterocycles. The zero-order valence-corrected chi connectivity index (χ0v) is 27.7. The minimum atomic E-state index is -0.103. The molecule has 1 aliphatic rings. The van der Waals surface area contributed by atoms with Crippen LogP contribution in [0.1, 0.15) is 25.0 Å². The molecule has 9 aromatic carbocycles. The van der Waals surface area contributed by atoms with Crippen LogP contribution in [-0.4, -0.2) is 0 Å². The van der Waals surface area contributed by atoms with Crippen molar-refractivity contribution in [2.75, 3.05) is 0 Å². The van der Waals surface area contributed by atoms with Crippen molar-refractivity contribution >= 4 is 43.1 Å². The lowest BCUT2D eigenvalue weighted by atomic mass is 9.78. The second-order valence-electron chi connectivity index (χ2n) is 14.0. The maximum absolute atomic E-state index is 2.48. The van der Waals surface area contributed by atoms with Gasteiger partial charge in [-0.05, 0) is 111 Å². The molecule has 49 heavy (non-hydrogen) atoms. The molecule has 230 valence electrons. The van der Waals surface area contributed by atoms with Crippen LogP contribution in [0.5, 0.6) is 0 Å². The Labute approximate surface area is 286 Å². The highest BCUT2D eigenvalue weighted by Gasteiger charge is 2.37. The van der Waals surface area contributed by atoms with Gasteiger partial charge in [0.15, 0.2) is 0 Å². The highest BCUT2D eigenvalue weighted by molar-refractivity contribution is 6.25. The average Bonchev–Trinajstić information content (AvgIpc) is 3.39. The molecule has 1 aliphatic carbocycles. The fourth-order valence-corrected chi connectivity index (χ4v) is 8.91. The largest absolute Gasteiger partial charge is 0.0619 e. The van der Waals surface area contributed by atoms with Crippen LogP contribution in [0.15, 0.2) is 170 Å². The van der Waals surface area contributed by atoms with Gasteiger partial charge in [-0.25, -0.2) is 0 Å². The molecule has 0 heterocycles. The van der Waals surface area contributed by atoms with Crippen LogP contribution in [-0.2, 0) is 5.41 Å². The van der Waals surface area contributed by atoms with Crippen LogP contribution in [0.3, 0.4) is 0 Å². The molecule has 0 bridgehead atoms. The summed E-state index contributed by atoms with van der Waals surface area (Å²) in [7, 11) is 0. The third kappa shape index (κ3) is 4.04. The maximum Gasteiger partial charge on any atom is 0.0165 e. The Kier molecular flexibility index (Phi) is 6.02. The monoisotopic (exact) mass is 622 g/mol. The van der Waals surface area contributed by atoms with Crippen LogP contribution in [0.4, 0.5) is 0 Å². The van der Waals surface area contributed by atoms with Gasteiger partial charge < -0.3 is 0 Å². The molecule has 0 atom stereocenters. The van der Waals surface area contributed by atoms with Gasteiger partial charge in [0.1, 0.15) is 0 Å². The van der Waals surface area contributed by atoms with E-state index in [1.165, 1.54) is 98.7 Å². The quantitative estimate of drug-likeness (QED) is 0.172. The summed E-state index contributed by atoms with van der Waals surface area (Å²) in [5, 5.41) is 10.2. The van der Waals surface area contributed by atoms with Crippen LogP contribution in [0.25, 0.3) is 87.6 Å². The van der Waals surface area contributed by atoms with Gasteiger partial charge in [0.2, 0.25) is 0 Å². The van der Waals surface area contributed by atoms with Crippen molar-refractivity contribution in [3.63, 3.8) is 0 Å². The molecule has 0 heteroatoms. The van der Waals surface area contributed by atoms with Crippen molar-refractivity contribution in [3.05, 3.63) is 181 Å². The van der Waals surface area contributed by atoms with E-state index in [2.05, 4.69) is 184 Å². The van der Waals surface area contributed by atoms with Crippen molar-refractivity contribution in [3.8, 4) is 44.5 Å². The molecule has 0 fully saturated rings. The first-order valence-corrected chi connectivity index (χ1v) is 17.3. The first kappa shape index (κ1) is 28.1. The molecule has 0 aliphatic heterocycles. The van der Waals surface area contributed by atoms with Crippen molar-refractivity contribution < 1.29 is 0 Å². The van der Waals surface area contributed by atoms with Crippen LogP contribution >= 0.6 is 0 Å². The molecule has 0 saturated carbocycles. The van der Waals surface area contributed by atoms with Gasteiger partial charge in [0.25, 0.3) is 0 Å². The predicted molar refractivity (Wildman–Crippen MR) is 210 cm³/mol. The summed E-state index contributed by atoms with van der Waals surface area (Å²) in [4.78, 5) is 0. The lowest BCUT2D eigenvalue weighted by Gasteiger charge is -2.25. The molecular weight excluding hydrogens is 589 g/mol. The number of hydrogen-bond acceptors (Lipinski definition) is 0. The Morgan fingerprint density at radius 1 is 0.327 bits per heavy atom. The Bertz CT molecular complexity index is 2730. The molecule has 0 unspecified atom stereocenters. The van der Waals surface area contributed by atoms with E-state index in [9.17, 15) is 0 Å². The van der Waals surface area contributed by atoms with Crippen LogP contribution < -0.4 is 0 Å². The van der Waals surface area contributed by atoms with Crippen molar-refractivity contribution in [1.82, 2.24) is 0 Å². The van der Waals surface area contributed by atoms with Gasteiger partial charge in [-0.1, -0.05) is 172 Å². The first-order chi connectivity index (χ1) is 24.1. The summed E-state index contributed by atoms with van der Waals surface area (Å²) in [6.07, 6.45) is 0. The first-order valence-electron chi connectivity index (χ1n) is 17.3. The summed E-state index contributed by atoms with van der Waals surface area (Å²) in [6.45, 7) is 4.77. The van der Waals surface area contributed by atoms with E-state index in [1.54, 1.807) is 0 Å². The zero-order chi connectivity index (χ0) is 32.7. The van der Waals surface area contributed by atoms with E-state index in [0.29, 0.717) is 0 Å². The summed E-state index contributed by atoms with van der Waals surface area (Å²) < 4.78 is 0. The van der Waals surface area contributed by atoms with Gasteiger partial charge in [-0.2, -0.15) is 0 Å². The molecule has 0 aromatic heterocycles. The van der Waals surface area contributed by atoms with E-state index >= 15 is 0 Å². The van der Waals surface area contributed by atoms with Crippen molar-refractivity contribution in [2.45, 2.75) is 19.3 Å². The molecule has 0 amide bonds. The summed E-state index contributed by atoms with van der Waals surface area (Å²) >= 11 is 0. The lowest BCUT2D eigenvalue weighted by Crippen LogP contribution is -2.16. The number of hydrogen-bond donors (Lipinski definition) is 0. The normalized spacial score (nSPS) is 13.3. The van der Waals surface area contributed by atoms with E-state index < -0.39 is 0 Å². The van der Waals surface area contributed by atoms with Crippen LogP contribution in [0.2, 0.25) is 0 Å². The van der Waals surface area contributed by atoms with Crippen molar-refractivity contribution in [2.24, 2.45) is 0 Å². The van der Waals surface area contributed by atoms with Gasteiger partial charge in [-0.3, -0.25) is 0 Å². The van der Waals surface area contributed by atoms with Gasteiger partial charge in [0.05, 0.1) is 0 Å². The van der Waals surface area contributed by atoms with Gasteiger partial charge >= 0.3 is 0 Å². The Balaban J connectivity index is 1.32. The minimum Gasteiger partial charge on any atom is -0.0619 e. The summed E-state index contributed by atoms with van der Waals surface area (Å²) in [6, 6.07) is 63.2. The fraction of sp³-hybridized carbons (Fsp3) is 0.0612. The Morgan fingerprint density at radius 3 is 1.47 bits per heavy atom. The van der Waals surface area contributed by atoms with Gasteiger partial charge in [0, 0.05) is 5.41 Å². The third-order valence-electron chi connectivity index (χ3n) is 11.0. The fourth-order valence-electron chi connectivity index (χ4n) is 8.91. The highest BCUT2D eigenvalue weighted by atomic mass is 14.4. The molecule has 0 nitrogen and oxygen atoms in total. The molecule has 0 radical (unpaired) electrons. The smallest absolute Gasteiger partial charge is 0.0165 e. The molecule has 10 rings (SSSR count). The number of fused-ring (bicyclic) bond motifs is 7. The minimum absolute atomic E-state index is 0.103. The molecule has 9 aromatic rings. The van der Waals surface area contributed by atoms with E-state index in [4.69, 9.17) is 0 Å². The van der Waals surface area contributed by atoms with Crippen molar-refractivity contribution in [1.29, 1.82) is 0 Å².